The summed E-state index contributed by atoms with van der Waals surface area (Å²) in [5.74, 6) is 0. The second-order valence-corrected chi connectivity index (χ2v) is 38.4. The fourth-order valence-corrected chi connectivity index (χ4v) is 22.9. The van der Waals surface area contributed by atoms with Gasteiger partial charge in [0, 0.05) is 0 Å². The monoisotopic (exact) mass is 832 g/mol. The Kier molecular flexibility index (Phi) is 15.0. The zero-order valence-electron chi connectivity index (χ0n) is 34.6. The average molecular weight is 835 g/mol. The second kappa shape index (κ2) is 15.8. The second-order valence-electron chi connectivity index (χ2n) is 18.3. The molecule has 0 amide bonds. The van der Waals surface area contributed by atoms with Crippen molar-refractivity contribution in [3.05, 3.63) is 90.4 Å². The summed E-state index contributed by atoms with van der Waals surface area (Å²) >= 11 is 2.48. The van der Waals surface area contributed by atoms with Crippen molar-refractivity contribution in [3.8, 4) is 0 Å². The molecule has 0 nitrogen and oxygen atoms in total. The molecular formula is C42H63Cl3Si4Ti. The molecule has 0 N–H and O–H groups in total. The van der Waals surface area contributed by atoms with Crippen LogP contribution in [-0.2, 0) is 20.4 Å². The van der Waals surface area contributed by atoms with Gasteiger partial charge in [0.15, 0.2) is 0 Å². The molecule has 0 spiro atoms. The number of hydrogen-bond donors (Lipinski definition) is 0. The largest absolute Gasteiger partial charge is 1.00 e. The Hall–Kier alpha value is -0.408. The quantitative estimate of drug-likeness (QED) is 0.225. The van der Waals surface area contributed by atoms with E-state index in [1.165, 1.54) is 44.5 Å². The van der Waals surface area contributed by atoms with E-state index >= 15 is 0 Å². The van der Waals surface area contributed by atoms with Gasteiger partial charge in [-0.2, -0.15) is 0 Å². The number of hydrogen-bond acceptors (Lipinski definition) is 0. The third-order valence-corrected chi connectivity index (χ3v) is 26.0. The summed E-state index contributed by atoms with van der Waals surface area (Å²) in [6.07, 6.45) is 0. The minimum absolute atomic E-state index is 0. The predicted octanol–water partition coefficient (Wildman–Crippen LogP) is -0.414. The summed E-state index contributed by atoms with van der Waals surface area (Å²) in [5.41, 5.74) is 13.5. The predicted molar refractivity (Wildman–Crippen MR) is 221 cm³/mol. The van der Waals surface area contributed by atoms with E-state index in [4.69, 9.17) is 0 Å². The molecule has 4 rings (SSSR count). The average Bonchev–Trinajstić information content (AvgIpc) is 3.08. The summed E-state index contributed by atoms with van der Waals surface area (Å²) in [5, 5.41) is 9.60. The van der Waals surface area contributed by atoms with Crippen molar-refractivity contribution in [2.75, 3.05) is 0 Å². The van der Waals surface area contributed by atoms with Crippen molar-refractivity contribution < 1.29 is 57.7 Å². The van der Waals surface area contributed by atoms with E-state index in [0.29, 0.717) is 0 Å². The first-order valence-corrected chi connectivity index (χ1v) is 31.0. The van der Waals surface area contributed by atoms with Crippen LogP contribution in [0, 0.1) is 41.5 Å². The summed E-state index contributed by atoms with van der Waals surface area (Å²) in [7, 11) is -7.83. The topological polar surface area (TPSA) is 0 Å². The van der Waals surface area contributed by atoms with Gasteiger partial charge >= 0.3 is 307 Å². The van der Waals surface area contributed by atoms with E-state index in [9.17, 15) is 0 Å². The fraction of sp³-hybridized carbons (Fsp3) is 0.476. The first-order chi connectivity index (χ1) is 21.2. The SMILES string of the molecule is CC1=C(C)C(C)([Si](c2cc(C)c(C)c([Si](C)(C)C)c2)(c2cc(C)c(C)c([Si](C)(C)C)c2)c2cc(C)c(C)c([Si](C)(C)C)c2)[C]([Ti+3])=C1C.[Cl-].[Cl-].[Cl-]. The van der Waals surface area contributed by atoms with Crippen LogP contribution in [0.3, 0.4) is 0 Å². The van der Waals surface area contributed by atoms with E-state index < -0.39 is 32.3 Å². The molecule has 8 heteroatoms. The Morgan fingerprint density at radius 2 is 0.700 bits per heavy atom. The number of halogens is 3. The minimum atomic E-state index is -2.87. The number of allylic oxidation sites excluding steroid dienone is 4. The zero-order valence-corrected chi connectivity index (χ0v) is 42.4. The normalized spacial score (nSPS) is 17.1. The van der Waals surface area contributed by atoms with Gasteiger partial charge < -0.3 is 37.2 Å². The minimum Gasteiger partial charge on any atom is -1.00 e. The van der Waals surface area contributed by atoms with E-state index in [0.717, 1.165) is 0 Å². The van der Waals surface area contributed by atoms with E-state index in [-0.39, 0.29) is 42.3 Å². The Morgan fingerprint density at radius 3 is 0.900 bits per heavy atom. The Balaban J connectivity index is 0.00000417. The van der Waals surface area contributed by atoms with Crippen molar-refractivity contribution in [1.29, 1.82) is 0 Å². The van der Waals surface area contributed by atoms with Gasteiger partial charge in [-0.15, -0.1) is 0 Å². The number of benzene rings is 3. The van der Waals surface area contributed by atoms with Crippen LogP contribution in [0.15, 0.2) is 57.0 Å². The van der Waals surface area contributed by atoms with Gasteiger partial charge in [0.1, 0.15) is 0 Å². The van der Waals surface area contributed by atoms with Crippen molar-refractivity contribution in [1.82, 2.24) is 0 Å². The van der Waals surface area contributed by atoms with Gasteiger partial charge in [0.05, 0.1) is 0 Å². The van der Waals surface area contributed by atoms with Crippen molar-refractivity contribution in [2.45, 2.75) is 133 Å². The Bertz CT molecular complexity index is 1660. The van der Waals surface area contributed by atoms with Crippen LogP contribution in [-0.4, -0.2) is 32.3 Å². The van der Waals surface area contributed by atoms with Gasteiger partial charge in [0.25, 0.3) is 0 Å². The van der Waals surface area contributed by atoms with E-state index in [2.05, 4.69) is 185 Å². The molecular weight excluding hydrogens is 771 g/mol. The third kappa shape index (κ3) is 7.60. The first kappa shape index (κ1) is 47.6. The molecule has 0 aliphatic heterocycles. The van der Waals surface area contributed by atoms with Crippen LogP contribution in [0.5, 0.6) is 0 Å². The summed E-state index contributed by atoms with van der Waals surface area (Å²) in [4.78, 5) is 0. The molecule has 272 valence electrons. The van der Waals surface area contributed by atoms with Crippen LogP contribution in [0.1, 0.15) is 61.1 Å². The molecule has 1 aliphatic rings. The van der Waals surface area contributed by atoms with Crippen molar-refractivity contribution >= 4 is 63.4 Å². The fourth-order valence-electron chi connectivity index (χ4n) is 8.81. The maximum Gasteiger partial charge on any atom is -1.00 e. The summed E-state index contributed by atoms with van der Waals surface area (Å²) < 4.78 is 1.58. The molecule has 1 aliphatic carbocycles. The molecule has 1 unspecified atom stereocenters. The molecule has 3 aromatic rings. The maximum atomic E-state index is 2.75. The molecule has 50 heavy (non-hydrogen) atoms. The summed E-state index contributed by atoms with van der Waals surface area (Å²) in [6, 6.07) is 16.2. The molecule has 0 heterocycles. The van der Waals surface area contributed by atoms with E-state index in [1.54, 1.807) is 40.6 Å². The smallest absolute Gasteiger partial charge is 1.00 e. The Labute approximate surface area is 341 Å². The molecule has 3 aromatic carbocycles. The molecule has 0 bridgehead atoms. The summed E-state index contributed by atoms with van der Waals surface area (Å²) in [6.45, 7) is 47.2. The molecule has 0 radical (unpaired) electrons. The van der Waals surface area contributed by atoms with Crippen LogP contribution >= 0.6 is 0 Å². The van der Waals surface area contributed by atoms with E-state index in [1.807, 2.05) is 0 Å². The van der Waals surface area contributed by atoms with Gasteiger partial charge in [-0.1, -0.05) is 0 Å². The van der Waals surface area contributed by atoms with Crippen molar-refractivity contribution in [2.24, 2.45) is 0 Å². The van der Waals surface area contributed by atoms with Gasteiger partial charge in [-0.25, -0.2) is 0 Å². The van der Waals surface area contributed by atoms with Crippen LogP contribution in [0.2, 0.25) is 64.0 Å². The third-order valence-electron chi connectivity index (χ3n) is 12.2. The van der Waals surface area contributed by atoms with Crippen molar-refractivity contribution in [3.63, 3.8) is 0 Å². The first-order valence-electron chi connectivity index (χ1n) is 17.7. The number of aryl methyl sites for hydroxylation is 3. The molecule has 0 aromatic heterocycles. The molecule has 1 atom stereocenters. The standard InChI is InChI=1S/C42H63Si4.3ClH.Ti/c1-27-20-36(23-39(32(27)6)43(11,12)13)46(42(10)26-30(4)31(5)35(42)9,37-21-28(2)33(7)40(24-37)44(14,15)16)38-22-29(3)34(8)41(25-38)45(17,18)19;;;;/h20-25H,1-19H3;3*1H;/q;;;;+3/p-3. The zero-order chi connectivity index (χ0) is 36.0. The van der Waals surface area contributed by atoms with Gasteiger partial charge in [-0.05, 0) is 0 Å². The molecule has 0 saturated heterocycles. The van der Waals surface area contributed by atoms with Crippen LogP contribution < -0.4 is 68.3 Å². The van der Waals surface area contributed by atoms with Gasteiger partial charge in [0.2, 0.25) is 0 Å². The Morgan fingerprint density at radius 1 is 0.440 bits per heavy atom. The van der Waals surface area contributed by atoms with Crippen LogP contribution in [0.25, 0.3) is 0 Å². The number of rotatable bonds is 7. The molecule has 0 saturated carbocycles. The van der Waals surface area contributed by atoms with Crippen LogP contribution in [0.4, 0.5) is 0 Å². The maximum absolute atomic E-state index is 2.87. The molecule has 0 fully saturated rings. The van der Waals surface area contributed by atoms with Gasteiger partial charge in [-0.3, -0.25) is 0 Å².